The largest absolute Gasteiger partial charge is 0.493 e. The van der Waals surface area contributed by atoms with E-state index in [4.69, 9.17) is 30.0 Å². The minimum Gasteiger partial charge on any atom is -0.493 e. The lowest BCUT2D eigenvalue weighted by Gasteiger charge is -2.29. The fourth-order valence-electron chi connectivity index (χ4n) is 2.77. The fourth-order valence-corrected chi connectivity index (χ4v) is 2.77. The van der Waals surface area contributed by atoms with Gasteiger partial charge in [-0.25, -0.2) is 0 Å². The number of nitrogens with zero attached hydrogens (tertiary/aromatic N) is 3. The van der Waals surface area contributed by atoms with Gasteiger partial charge in [0.2, 0.25) is 0 Å². The predicted octanol–water partition coefficient (Wildman–Crippen LogP) is 4.84. The van der Waals surface area contributed by atoms with Crippen LogP contribution in [0.25, 0.3) is 0 Å². The number of hydrogen-bond donors (Lipinski definition) is 0. The Morgan fingerprint density at radius 3 is 1.00 bits per heavy atom. The number of rotatable bonds is 9. The first-order valence-corrected chi connectivity index (χ1v) is 9.92. The third kappa shape index (κ3) is 6.26. The molecule has 0 atom stereocenters. The van der Waals surface area contributed by atoms with Crippen molar-refractivity contribution < 1.29 is 14.2 Å². The molecule has 0 spiro atoms. The highest BCUT2D eigenvalue weighted by molar-refractivity contribution is 5.36. The minimum atomic E-state index is -0.518. The van der Waals surface area contributed by atoms with Gasteiger partial charge in [0.25, 0.3) is 0 Å². The molecule has 0 fully saturated rings. The molecule has 6 heteroatoms. The van der Waals surface area contributed by atoms with E-state index in [0.29, 0.717) is 53.8 Å². The highest BCUT2D eigenvalue weighted by Gasteiger charge is 2.28. The molecule has 3 aromatic rings. The van der Waals surface area contributed by atoms with Crippen LogP contribution in [0.1, 0.15) is 23.6 Å². The Morgan fingerprint density at radius 2 is 0.781 bits per heavy atom. The number of hydrogen-bond acceptors (Lipinski definition) is 6. The lowest BCUT2D eigenvalue weighted by molar-refractivity contribution is 0.0473. The Bertz CT molecular complexity index is 1000. The molecule has 6 nitrogen and oxygen atoms in total. The van der Waals surface area contributed by atoms with Crippen LogP contribution in [0.4, 0.5) is 0 Å². The highest BCUT2D eigenvalue weighted by Crippen LogP contribution is 2.24. The van der Waals surface area contributed by atoms with E-state index < -0.39 is 5.41 Å². The Labute approximate surface area is 187 Å². The van der Waals surface area contributed by atoms with E-state index in [1.807, 2.05) is 6.92 Å². The second kappa shape index (κ2) is 10.5. The maximum Gasteiger partial charge on any atom is 0.119 e. The van der Waals surface area contributed by atoms with Gasteiger partial charge in [-0.05, 0) is 79.7 Å². The molecular weight excluding hydrogens is 402 g/mol. The molecule has 0 unspecified atom stereocenters. The van der Waals surface area contributed by atoms with Crippen molar-refractivity contribution in [2.45, 2.75) is 6.92 Å². The molecule has 32 heavy (non-hydrogen) atoms. The SMILES string of the molecule is CC(COc1ccc(C#N)cc1)(COc1ccc(C#N)cc1)COc1ccc(C#N)cc1. The average Bonchev–Trinajstić information content (AvgIpc) is 2.86. The van der Waals surface area contributed by atoms with Crippen molar-refractivity contribution in [2.75, 3.05) is 19.8 Å². The van der Waals surface area contributed by atoms with Crippen molar-refractivity contribution in [1.29, 1.82) is 15.8 Å². The monoisotopic (exact) mass is 423 g/mol. The summed E-state index contributed by atoms with van der Waals surface area (Å²) in [6.07, 6.45) is 0. The van der Waals surface area contributed by atoms with Crippen molar-refractivity contribution >= 4 is 0 Å². The molecule has 0 radical (unpaired) electrons. The van der Waals surface area contributed by atoms with Crippen molar-refractivity contribution in [2.24, 2.45) is 5.41 Å². The molecule has 0 saturated heterocycles. The van der Waals surface area contributed by atoms with Gasteiger partial charge in [-0.2, -0.15) is 15.8 Å². The highest BCUT2D eigenvalue weighted by atomic mass is 16.5. The van der Waals surface area contributed by atoms with Crippen LogP contribution < -0.4 is 14.2 Å². The van der Waals surface area contributed by atoms with Crippen molar-refractivity contribution in [3.63, 3.8) is 0 Å². The normalized spacial score (nSPS) is 10.3. The van der Waals surface area contributed by atoms with Crippen LogP contribution in [-0.2, 0) is 0 Å². The third-order valence-electron chi connectivity index (χ3n) is 4.71. The van der Waals surface area contributed by atoms with E-state index in [9.17, 15) is 0 Å². The minimum absolute atomic E-state index is 0.311. The van der Waals surface area contributed by atoms with Gasteiger partial charge in [0.15, 0.2) is 0 Å². The van der Waals surface area contributed by atoms with Crippen LogP contribution >= 0.6 is 0 Å². The molecule has 0 aliphatic rings. The molecule has 3 rings (SSSR count). The van der Waals surface area contributed by atoms with Crippen LogP contribution in [-0.4, -0.2) is 19.8 Å². The number of nitriles is 3. The summed E-state index contributed by atoms with van der Waals surface area (Å²) in [5.74, 6) is 1.94. The second-order valence-electron chi connectivity index (χ2n) is 7.59. The van der Waals surface area contributed by atoms with E-state index in [0.717, 1.165) is 0 Å². The summed E-state index contributed by atoms with van der Waals surface area (Å²) in [5.41, 5.74) is 1.17. The maximum absolute atomic E-state index is 8.95. The van der Waals surface area contributed by atoms with E-state index in [1.165, 1.54) is 0 Å². The molecule has 0 heterocycles. The third-order valence-corrected chi connectivity index (χ3v) is 4.71. The average molecular weight is 423 g/mol. The van der Waals surface area contributed by atoms with E-state index in [2.05, 4.69) is 18.2 Å². The van der Waals surface area contributed by atoms with Crippen LogP contribution in [0, 0.1) is 39.4 Å². The van der Waals surface area contributed by atoms with E-state index >= 15 is 0 Å². The number of ether oxygens (including phenoxy) is 3. The zero-order valence-corrected chi connectivity index (χ0v) is 17.6. The standard InChI is InChI=1S/C26H21N3O3/c1-26(17-30-23-8-2-20(14-27)3-9-23,18-31-24-10-4-21(15-28)5-11-24)19-32-25-12-6-22(16-29)7-13-25/h2-13H,17-19H2,1H3. The van der Waals surface area contributed by atoms with E-state index in [1.54, 1.807) is 72.8 Å². The van der Waals surface area contributed by atoms with E-state index in [-0.39, 0.29) is 0 Å². The molecule has 3 aromatic carbocycles. The smallest absolute Gasteiger partial charge is 0.119 e. The van der Waals surface area contributed by atoms with Crippen LogP contribution in [0.15, 0.2) is 72.8 Å². The van der Waals surface area contributed by atoms with Gasteiger partial charge in [-0.15, -0.1) is 0 Å². The molecule has 158 valence electrons. The lowest BCUT2D eigenvalue weighted by Crippen LogP contribution is -2.37. The van der Waals surface area contributed by atoms with Gasteiger partial charge in [0.1, 0.15) is 37.1 Å². The first kappa shape index (κ1) is 22.2. The predicted molar refractivity (Wildman–Crippen MR) is 118 cm³/mol. The lowest BCUT2D eigenvalue weighted by atomic mass is 9.94. The van der Waals surface area contributed by atoms with Gasteiger partial charge in [-0.1, -0.05) is 0 Å². The molecule has 0 bridgehead atoms. The summed E-state index contributed by atoms with van der Waals surface area (Å²) in [7, 11) is 0. The van der Waals surface area contributed by atoms with Crippen LogP contribution in [0.3, 0.4) is 0 Å². The summed E-state index contributed by atoms with van der Waals surface area (Å²) in [5, 5.41) is 26.9. The molecule has 0 N–H and O–H groups in total. The Balaban J connectivity index is 1.68. The zero-order chi connectivity index (χ0) is 22.8. The van der Waals surface area contributed by atoms with Gasteiger partial charge in [0.05, 0.1) is 40.3 Å². The Hall–Kier alpha value is -4.47. The zero-order valence-electron chi connectivity index (χ0n) is 17.6. The number of benzene rings is 3. The summed E-state index contributed by atoms with van der Waals surface area (Å²) in [6.45, 7) is 2.92. The maximum atomic E-state index is 8.95. The molecule has 0 aromatic heterocycles. The first-order chi connectivity index (χ1) is 15.5. The molecular formula is C26H21N3O3. The topological polar surface area (TPSA) is 99.1 Å². The summed E-state index contributed by atoms with van der Waals surface area (Å²) < 4.78 is 17.9. The summed E-state index contributed by atoms with van der Waals surface area (Å²) in [6, 6.07) is 27.0. The summed E-state index contributed by atoms with van der Waals surface area (Å²) in [4.78, 5) is 0. The Morgan fingerprint density at radius 1 is 0.531 bits per heavy atom. The van der Waals surface area contributed by atoms with Crippen molar-refractivity contribution in [3.8, 4) is 35.5 Å². The van der Waals surface area contributed by atoms with Crippen LogP contribution in [0.5, 0.6) is 17.2 Å². The van der Waals surface area contributed by atoms with Gasteiger partial charge in [-0.3, -0.25) is 0 Å². The fraction of sp³-hybridized carbons (Fsp3) is 0.192. The second-order valence-corrected chi connectivity index (χ2v) is 7.59. The van der Waals surface area contributed by atoms with Crippen LogP contribution in [0.2, 0.25) is 0 Å². The molecule has 0 amide bonds. The van der Waals surface area contributed by atoms with Gasteiger partial charge in [0, 0.05) is 0 Å². The van der Waals surface area contributed by atoms with Crippen molar-refractivity contribution in [3.05, 3.63) is 89.5 Å². The van der Waals surface area contributed by atoms with Gasteiger partial charge < -0.3 is 14.2 Å². The first-order valence-electron chi connectivity index (χ1n) is 9.92. The van der Waals surface area contributed by atoms with Crippen molar-refractivity contribution in [1.82, 2.24) is 0 Å². The molecule has 0 saturated carbocycles. The quantitative estimate of drug-likeness (QED) is 0.488. The van der Waals surface area contributed by atoms with Gasteiger partial charge >= 0.3 is 0 Å². The molecule has 0 aliphatic carbocycles. The summed E-state index contributed by atoms with van der Waals surface area (Å²) >= 11 is 0. The molecule has 0 aliphatic heterocycles. The Kier molecular flexibility index (Phi) is 7.31.